The minimum absolute atomic E-state index is 0.511. The summed E-state index contributed by atoms with van der Waals surface area (Å²) in [5.41, 5.74) is 3.15. The molecule has 0 aliphatic carbocycles. The second-order valence-electron chi connectivity index (χ2n) is 4.98. The van der Waals surface area contributed by atoms with Crippen molar-refractivity contribution < 1.29 is 0 Å². The molecule has 0 bridgehead atoms. The van der Waals surface area contributed by atoms with Crippen LogP contribution in [0.5, 0.6) is 0 Å². The van der Waals surface area contributed by atoms with Gasteiger partial charge in [-0.1, -0.05) is 12.1 Å². The molecule has 18 heavy (non-hydrogen) atoms. The molecule has 3 nitrogen and oxygen atoms in total. The molecule has 1 aromatic rings. The van der Waals surface area contributed by atoms with Crippen LogP contribution in [0.15, 0.2) is 18.2 Å². The molecule has 1 heterocycles. The maximum atomic E-state index is 9.30. The summed E-state index contributed by atoms with van der Waals surface area (Å²) in [6.45, 7) is 4.15. The van der Waals surface area contributed by atoms with Crippen LogP contribution in [-0.2, 0) is 0 Å². The van der Waals surface area contributed by atoms with Gasteiger partial charge in [0, 0.05) is 19.1 Å². The summed E-state index contributed by atoms with van der Waals surface area (Å²) >= 11 is 0. The van der Waals surface area contributed by atoms with Crippen molar-refractivity contribution in [3.63, 3.8) is 0 Å². The fourth-order valence-corrected chi connectivity index (χ4v) is 2.87. The van der Waals surface area contributed by atoms with Gasteiger partial charge in [0.05, 0.1) is 11.3 Å². The number of hydrogen-bond donors (Lipinski definition) is 1. The summed E-state index contributed by atoms with van der Waals surface area (Å²) in [7, 11) is 2.00. The van der Waals surface area contributed by atoms with Gasteiger partial charge in [-0.2, -0.15) is 5.26 Å². The Morgan fingerprint density at radius 3 is 3.00 bits per heavy atom. The zero-order valence-electron chi connectivity index (χ0n) is 11.2. The number of nitrogens with one attached hydrogen (secondary N) is 1. The molecular formula is C15H21N3. The number of rotatable bonds is 3. The van der Waals surface area contributed by atoms with E-state index in [4.69, 9.17) is 0 Å². The van der Waals surface area contributed by atoms with Crippen LogP contribution in [0, 0.1) is 18.3 Å². The summed E-state index contributed by atoms with van der Waals surface area (Å²) in [5, 5.41) is 12.6. The van der Waals surface area contributed by atoms with Crippen molar-refractivity contribution in [1.29, 1.82) is 5.26 Å². The zero-order valence-corrected chi connectivity index (χ0v) is 11.2. The fraction of sp³-hybridized carbons (Fsp3) is 0.533. The van der Waals surface area contributed by atoms with E-state index in [-0.39, 0.29) is 0 Å². The van der Waals surface area contributed by atoms with E-state index in [9.17, 15) is 5.26 Å². The Balaban J connectivity index is 2.36. The third-order valence-electron chi connectivity index (χ3n) is 3.71. The first-order valence-electron chi connectivity index (χ1n) is 6.69. The van der Waals surface area contributed by atoms with Crippen LogP contribution < -0.4 is 10.2 Å². The molecule has 0 saturated carbocycles. The second-order valence-corrected chi connectivity index (χ2v) is 4.98. The molecule has 1 fully saturated rings. The molecule has 0 aromatic heterocycles. The molecule has 0 spiro atoms. The average molecular weight is 243 g/mol. The van der Waals surface area contributed by atoms with Crippen molar-refractivity contribution in [3.8, 4) is 6.07 Å². The molecular weight excluding hydrogens is 222 g/mol. The highest BCUT2D eigenvalue weighted by molar-refractivity contribution is 5.64. The minimum atomic E-state index is 0.511. The molecule has 1 aromatic carbocycles. The maximum absolute atomic E-state index is 9.30. The Kier molecular flexibility index (Phi) is 4.22. The third-order valence-corrected chi connectivity index (χ3v) is 3.71. The molecule has 1 N–H and O–H groups in total. The highest BCUT2D eigenvalue weighted by Gasteiger charge is 2.24. The van der Waals surface area contributed by atoms with Crippen molar-refractivity contribution in [2.75, 3.05) is 25.0 Å². The second kappa shape index (κ2) is 5.88. The highest BCUT2D eigenvalue weighted by atomic mass is 15.2. The van der Waals surface area contributed by atoms with Gasteiger partial charge in [0.25, 0.3) is 0 Å². The SMILES string of the molecule is CNCC1CCCCN1c1c(C)cccc1C#N. The smallest absolute Gasteiger partial charge is 0.101 e. The molecule has 3 heteroatoms. The van der Waals surface area contributed by atoms with Gasteiger partial charge in [-0.3, -0.25) is 0 Å². The number of nitriles is 1. The molecule has 2 rings (SSSR count). The van der Waals surface area contributed by atoms with E-state index in [1.165, 1.54) is 24.8 Å². The Morgan fingerprint density at radius 1 is 1.44 bits per heavy atom. The molecule has 1 saturated heterocycles. The van der Waals surface area contributed by atoms with E-state index < -0.39 is 0 Å². The normalized spacial score (nSPS) is 19.6. The molecule has 0 amide bonds. The van der Waals surface area contributed by atoms with Crippen LogP contribution in [0.2, 0.25) is 0 Å². The quantitative estimate of drug-likeness (QED) is 0.886. The minimum Gasteiger partial charge on any atom is -0.366 e. The lowest BCUT2D eigenvalue weighted by Crippen LogP contribution is -2.45. The van der Waals surface area contributed by atoms with Gasteiger partial charge >= 0.3 is 0 Å². The predicted molar refractivity (Wildman–Crippen MR) is 74.8 cm³/mol. The van der Waals surface area contributed by atoms with Crippen molar-refractivity contribution in [3.05, 3.63) is 29.3 Å². The van der Waals surface area contributed by atoms with E-state index >= 15 is 0 Å². The Morgan fingerprint density at radius 2 is 2.28 bits per heavy atom. The largest absolute Gasteiger partial charge is 0.366 e. The topological polar surface area (TPSA) is 39.1 Å². The number of anilines is 1. The van der Waals surface area contributed by atoms with E-state index in [0.717, 1.165) is 24.3 Å². The van der Waals surface area contributed by atoms with Crippen LogP contribution >= 0.6 is 0 Å². The van der Waals surface area contributed by atoms with Gasteiger partial charge in [-0.05, 0) is 44.9 Å². The van der Waals surface area contributed by atoms with Gasteiger partial charge in [-0.25, -0.2) is 0 Å². The fourth-order valence-electron chi connectivity index (χ4n) is 2.87. The number of benzene rings is 1. The maximum Gasteiger partial charge on any atom is 0.101 e. The number of piperidine rings is 1. The first-order chi connectivity index (χ1) is 8.77. The predicted octanol–water partition coefficient (Wildman–Crippen LogP) is 2.45. The summed E-state index contributed by atoms with van der Waals surface area (Å²) in [6, 6.07) is 8.83. The number of para-hydroxylation sites is 1. The highest BCUT2D eigenvalue weighted by Crippen LogP contribution is 2.30. The summed E-state index contributed by atoms with van der Waals surface area (Å²) in [6.07, 6.45) is 3.72. The first kappa shape index (κ1) is 12.9. The monoisotopic (exact) mass is 243 g/mol. The molecule has 0 radical (unpaired) electrons. The van der Waals surface area contributed by atoms with E-state index in [1.54, 1.807) is 0 Å². The van der Waals surface area contributed by atoms with Crippen molar-refractivity contribution in [1.82, 2.24) is 5.32 Å². The van der Waals surface area contributed by atoms with Crippen LogP contribution in [0.4, 0.5) is 5.69 Å². The number of likely N-dealkylation sites (N-methyl/N-ethyl adjacent to an activating group) is 1. The Bertz CT molecular complexity index is 446. The van der Waals surface area contributed by atoms with Crippen molar-refractivity contribution in [2.45, 2.75) is 32.2 Å². The Hall–Kier alpha value is -1.53. The van der Waals surface area contributed by atoms with Crippen LogP contribution in [-0.4, -0.2) is 26.2 Å². The van der Waals surface area contributed by atoms with Crippen LogP contribution in [0.3, 0.4) is 0 Å². The van der Waals surface area contributed by atoms with Gasteiger partial charge in [0.2, 0.25) is 0 Å². The van der Waals surface area contributed by atoms with Crippen molar-refractivity contribution in [2.24, 2.45) is 0 Å². The summed E-state index contributed by atoms with van der Waals surface area (Å²) < 4.78 is 0. The first-order valence-corrected chi connectivity index (χ1v) is 6.69. The standard InChI is InChI=1S/C15H21N3/c1-12-6-5-7-13(10-16)15(12)18-9-4-3-8-14(18)11-17-2/h5-7,14,17H,3-4,8-9,11H2,1-2H3. The van der Waals surface area contributed by atoms with Crippen LogP contribution in [0.25, 0.3) is 0 Å². The van der Waals surface area contributed by atoms with Crippen molar-refractivity contribution >= 4 is 5.69 Å². The molecule has 1 unspecified atom stereocenters. The van der Waals surface area contributed by atoms with E-state index in [1.807, 2.05) is 19.2 Å². The lowest BCUT2D eigenvalue weighted by Gasteiger charge is -2.39. The van der Waals surface area contributed by atoms with Crippen LogP contribution in [0.1, 0.15) is 30.4 Å². The summed E-state index contributed by atoms with van der Waals surface area (Å²) in [5.74, 6) is 0. The lowest BCUT2D eigenvalue weighted by atomic mass is 9.98. The van der Waals surface area contributed by atoms with Gasteiger partial charge in [0.1, 0.15) is 6.07 Å². The van der Waals surface area contributed by atoms with Gasteiger partial charge in [0.15, 0.2) is 0 Å². The summed E-state index contributed by atoms with van der Waals surface area (Å²) in [4.78, 5) is 2.42. The number of hydrogen-bond acceptors (Lipinski definition) is 3. The zero-order chi connectivity index (χ0) is 13.0. The number of aryl methyl sites for hydroxylation is 1. The van der Waals surface area contributed by atoms with E-state index in [0.29, 0.717) is 6.04 Å². The van der Waals surface area contributed by atoms with Gasteiger partial charge < -0.3 is 10.2 Å². The van der Waals surface area contributed by atoms with E-state index in [2.05, 4.69) is 29.3 Å². The number of nitrogens with zero attached hydrogens (tertiary/aromatic N) is 2. The molecule has 96 valence electrons. The Labute approximate surface area is 109 Å². The molecule has 1 aliphatic rings. The average Bonchev–Trinajstić information content (AvgIpc) is 2.40. The third kappa shape index (κ3) is 2.49. The van der Waals surface area contributed by atoms with Gasteiger partial charge in [-0.15, -0.1) is 0 Å². The lowest BCUT2D eigenvalue weighted by molar-refractivity contribution is 0.446. The molecule has 1 aliphatic heterocycles. The molecule has 1 atom stereocenters.